The molecule has 1 heterocycles. The lowest BCUT2D eigenvalue weighted by Crippen LogP contribution is -2.31. The van der Waals surface area contributed by atoms with E-state index in [9.17, 15) is 9.59 Å². The van der Waals surface area contributed by atoms with Gasteiger partial charge in [0.1, 0.15) is 0 Å². The van der Waals surface area contributed by atoms with Gasteiger partial charge < -0.3 is 10.2 Å². The summed E-state index contributed by atoms with van der Waals surface area (Å²) in [5, 5.41) is 2.85. The lowest BCUT2D eigenvalue weighted by atomic mass is 10.1. The Kier molecular flexibility index (Phi) is 4.15. The van der Waals surface area contributed by atoms with Gasteiger partial charge in [-0.1, -0.05) is 24.3 Å². The van der Waals surface area contributed by atoms with Crippen molar-refractivity contribution in [2.45, 2.75) is 26.3 Å². The van der Waals surface area contributed by atoms with Crippen molar-refractivity contribution in [2.75, 3.05) is 11.4 Å². The third-order valence-corrected chi connectivity index (χ3v) is 3.92. The summed E-state index contributed by atoms with van der Waals surface area (Å²) in [5.74, 6) is -0.217. The van der Waals surface area contributed by atoms with Crippen LogP contribution in [-0.4, -0.2) is 24.4 Å². The molecule has 2 aromatic carbocycles. The summed E-state index contributed by atoms with van der Waals surface area (Å²) in [6, 6.07) is 14.9. The number of benzene rings is 2. The molecule has 118 valence electrons. The van der Waals surface area contributed by atoms with Crippen LogP contribution >= 0.6 is 0 Å². The van der Waals surface area contributed by atoms with Gasteiger partial charge in [-0.25, -0.2) is 0 Å². The second-order valence-electron chi connectivity index (χ2n) is 6.04. The predicted octanol–water partition coefficient (Wildman–Crippen LogP) is 3.03. The molecule has 0 aromatic heterocycles. The number of anilines is 1. The first-order chi connectivity index (χ1) is 11.1. The zero-order chi connectivity index (χ0) is 16.4. The molecule has 23 heavy (non-hydrogen) atoms. The van der Waals surface area contributed by atoms with Gasteiger partial charge in [-0.2, -0.15) is 0 Å². The van der Waals surface area contributed by atoms with E-state index in [0.29, 0.717) is 17.7 Å². The number of amides is 2. The number of nitrogens with zero attached hydrogens (tertiary/aromatic N) is 1. The highest BCUT2D eigenvalue weighted by Crippen LogP contribution is 2.28. The number of fused-ring (bicyclic) bond motifs is 1. The van der Waals surface area contributed by atoms with Crippen molar-refractivity contribution in [3.63, 3.8) is 0 Å². The molecule has 2 aromatic rings. The highest BCUT2D eigenvalue weighted by Gasteiger charge is 2.25. The lowest BCUT2D eigenvalue weighted by Gasteiger charge is -2.18. The highest BCUT2D eigenvalue weighted by molar-refractivity contribution is 6.08. The van der Waals surface area contributed by atoms with Gasteiger partial charge in [-0.05, 0) is 50.1 Å². The van der Waals surface area contributed by atoms with E-state index in [2.05, 4.69) is 11.4 Å². The van der Waals surface area contributed by atoms with E-state index in [4.69, 9.17) is 0 Å². The summed E-state index contributed by atoms with van der Waals surface area (Å²) < 4.78 is 0. The molecular weight excluding hydrogens is 288 g/mol. The summed E-state index contributed by atoms with van der Waals surface area (Å²) >= 11 is 0. The van der Waals surface area contributed by atoms with E-state index < -0.39 is 0 Å². The van der Waals surface area contributed by atoms with E-state index in [1.165, 1.54) is 5.56 Å². The molecule has 0 saturated heterocycles. The van der Waals surface area contributed by atoms with Crippen molar-refractivity contribution in [2.24, 2.45) is 0 Å². The van der Waals surface area contributed by atoms with Crippen LogP contribution in [0.1, 0.15) is 40.1 Å². The Balaban J connectivity index is 1.85. The van der Waals surface area contributed by atoms with Gasteiger partial charge in [0.25, 0.3) is 11.8 Å². The second-order valence-corrected chi connectivity index (χ2v) is 6.04. The monoisotopic (exact) mass is 308 g/mol. The maximum absolute atomic E-state index is 12.8. The van der Waals surface area contributed by atoms with Crippen LogP contribution < -0.4 is 10.2 Å². The second kappa shape index (κ2) is 6.24. The third-order valence-electron chi connectivity index (χ3n) is 3.92. The fourth-order valence-corrected chi connectivity index (χ4v) is 2.84. The van der Waals surface area contributed by atoms with Crippen LogP contribution in [0, 0.1) is 0 Å². The number of carbonyl (C=O) groups excluding carboxylic acids is 2. The SMILES string of the molecule is CC(C)NC(=O)c1cccc(C(=O)N2CCc3ccccc32)c1. The first kappa shape index (κ1) is 15.3. The Bertz CT molecular complexity index is 753. The van der Waals surface area contributed by atoms with Crippen LogP contribution in [0.2, 0.25) is 0 Å². The molecule has 0 fully saturated rings. The van der Waals surface area contributed by atoms with E-state index >= 15 is 0 Å². The normalized spacial score (nSPS) is 13.1. The lowest BCUT2D eigenvalue weighted by molar-refractivity contribution is 0.0943. The smallest absolute Gasteiger partial charge is 0.258 e. The zero-order valence-electron chi connectivity index (χ0n) is 13.4. The minimum absolute atomic E-state index is 0.0610. The van der Waals surface area contributed by atoms with E-state index in [-0.39, 0.29) is 17.9 Å². The molecule has 1 aliphatic heterocycles. The van der Waals surface area contributed by atoms with Gasteiger partial charge in [0, 0.05) is 29.4 Å². The molecule has 0 saturated carbocycles. The molecule has 0 bridgehead atoms. The molecular formula is C19H20N2O2. The first-order valence-corrected chi connectivity index (χ1v) is 7.87. The van der Waals surface area contributed by atoms with Crippen LogP contribution in [-0.2, 0) is 6.42 Å². The summed E-state index contributed by atoms with van der Waals surface area (Å²) in [6.45, 7) is 4.50. The van der Waals surface area contributed by atoms with Crippen LogP contribution in [0.25, 0.3) is 0 Å². The van der Waals surface area contributed by atoms with Crippen LogP contribution in [0.4, 0.5) is 5.69 Å². The number of hydrogen-bond donors (Lipinski definition) is 1. The van der Waals surface area contributed by atoms with Gasteiger partial charge in [0.05, 0.1) is 0 Å². The molecule has 0 atom stereocenters. The Labute approximate surface area is 136 Å². The molecule has 3 rings (SSSR count). The fraction of sp³-hybridized carbons (Fsp3) is 0.263. The predicted molar refractivity (Wildman–Crippen MR) is 90.9 cm³/mol. The van der Waals surface area contributed by atoms with E-state index in [1.807, 2.05) is 32.0 Å². The van der Waals surface area contributed by atoms with Crippen molar-refractivity contribution in [3.05, 3.63) is 65.2 Å². The van der Waals surface area contributed by atoms with Crippen molar-refractivity contribution < 1.29 is 9.59 Å². The maximum Gasteiger partial charge on any atom is 0.258 e. The summed E-state index contributed by atoms with van der Waals surface area (Å²) in [4.78, 5) is 26.7. The molecule has 2 amide bonds. The van der Waals surface area contributed by atoms with E-state index in [0.717, 1.165) is 12.1 Å². The van der Waals surface area contributed by atoms with Crippen molar-refractivity contribution in [3.8, 4) is 0 Å². The van der Waals surface area contributed by atoms with Crippen LogP contribution in [0.5, 0.6) is 0 Å². The number of hydrogen-bond acceptors (Lipinski definition) is 2. The van der Waals surface area contributed by atoms with Crippen molar-refractivity contribution >= 4 is 17.5 Å². The zero-order valence-corrected chi connectivity index (χ0v) is 13.4. The molecule has 0 unspecified atom stereocenters. The number of carbonyl (C=O) groups is 2. The molecule has 1 aliphatic rings. The van der Waals surface area contributed by atoms with Gasteiger partial charge in [-0.15, -0.1) is 0 Å². The van der Waals surface area contributed by atoms with Gasteiger partial charge in [0.15, 0.2) is 0 Å². The minimum atomic E-state index is -0.156. The maximum atomic E-state index is 12.8. The Morgan fingerprint density at radius 1 is 1.04 bits per heavy atom. The van der Waals surface area contributed by atoms with Gasteiger partial charge in [0.2, 0.25) is 0 Å². The van der Waals surface area contributed by atoms with Crippen molar-refractivity contribution in [1.82, 2.24) is 5.32 Å². The van der Waals surface area contributed by atoms with Gasteiger partial charge >= 0.3 is 0 Å². The average Bonchev–Trinajstić information content (AvgIpc) is 2.97. The quantitative estimate of drug-likeness (QED) is 0.947. The largest absolute Gasteiger partial charge is 0.350 e. The Morgan fingerprint density at radius 3 is 2.57 bits per heavy atom. The molecule has 0 aliphatic carbocycles. The topological polar surface area (TPSA) is 49.4 Å². The fourth-order valence-electron chi connectivity index (χ4n) is 2.84. The summed E-state index contributed by atoms with van der Waals surface area (Å²) in [7, 11) is 0. The summed E-state index contributed by atoms with van der Waals surface area (Å²) in [6.07, 6.45) is 0.870. The average molecular weight is 308 g/mol. The highest BCUT2D eigenvalue weighted by atomic mass is 16.2. The van der Waals surface area contributed by atoms with Crippen molar-refractivity contribution in [1.29, 1.82) is 0 Å². The molecule has 0 spiro atoms. The minimum Gasteiger partial charge on any atom is -0.350 e. The summed E-state index contributed by atoms with van der Waals surface area (Å²) in [5.41, 5.74) is 3.21. The standard InChI is InChI=1S/C19H20N2O2/c1-13(2)20-18(22)15-7-5-8-16(12-15)19(23)21-11-10-14-6-3-4-9-17(14)21/h3-9,12-13H,10-11H2,1-2H3,(H,20,22). The van der Waals surface area contributed by atoms with Gasteiger partial charge in [-0.3, -0.25) is 9.59 Å². The van der Waals surface area contributed by atoms with Crippen LogP contribution in [0.3, 0.4) is 0 Å². The molecule has 1 N–H and O–H groups in total. The Hall–Kier alpha value is -2.62. The molecule has 4 nitrogen and oxygen atoms in total. The number of rotatable bonds is 3. The van der Waals surface area contributed by atoms with Crippen LogP contribution in [0.15, 0.2) is 48.5 Å². The first-order valence-electron chi connectivity index (χ1n) is 7.87. The Morgan fingerprint density at radius 2 is 1.78 bits per heavy atom. The number of para-hydroxylation sites is 1. The molecule has 4 heteroatoms. The third kappa shape index (κ3) is 3.11. The van der Waals surface area contributed by atoms with E-state index in [1.54, 1.807) is 29.2 Å². The molecule has 0 radical (unpaired) electrons. The number of nitrogens with one attached hydrogen (secondary N) is 1.